The third kappa shape index (κ3) is 14.1. The summed E-state index contributed by atoms with van der Waals surface area (Å²) in [5, 5.41) is 0. The molecule has 0 saturated carbocycles. The van der Waals surface area contributed by atoms with E-state index in [9.17, 15) is 9.59 Å². The van der Waals surface area contributed by atoms with Gasteiger partial charge in [-0.1, -0.05) is 96.8 Å². The first-order chi connectivity index (χ1) is 15.6. The van der Waals surface area contributed by atoms with Crippen molar-refractivity contribution in [1.82, 2.24) is 4.90 Å². The molecule has 0 aromatic rings. The van der Waals surface area contributed by atoms with Gasteiger partial charge in [0, 0.05) is 19.5 Å². The number of carbonyl (C=O) groups is 2. The van der Waals surface area contributed by atoms with Crippen molar-refractivity contribution in [3.8, 4) is 0 Å². The van der Waals surface area contributed by atoms with Crippen molar-refractivity contribution in [2.45, 2.75) is 142 Å². The Morgan fingerprint density at radius 3 is 1.66 bits per heavy atom. The highest BCUT2D eigenvalue weighted by molar-refractivity contribution is 5.75. The molecule has 0 amide bonds. The van der Waals surface area contributed by atoms with Crippen molar-refractivity contribution in [1.29, 1.82) is 0 Å². The van der Waals surface area contributed by atoms with E-state index < -0.39 is 0 Å². The van der Waals surface area contributed by atoms with Crippen LogP contribution in [-0.4, -0.2) is 49.2 Å². The van der Waals surface area contributed by atoms with Crippen molar-refractivity contribution < 1.29 is 19.1 Å². The molecule has 1 fully saturated rings. The Labute approximate surface area is 198 Å². The van der Waals surface area contributed by atoms with E-state index in [0.29, 0.717) is 6.42 Å². The van der Waals surface area contributed by atoms with Crippen LogP contribution in [0.15, 0.2) is 0 Å². The second-order valence-electron chi connectivity index (χ2n) is 9.62. The number of piperidine rings is 1. The minimum atomic E-state index is -0.225. The number of methoxy groups -OCH3 is 1. The summed E-state index contributed by atoms with van der Waals surface area (Å²) in [6.45, 7) is 5.69. The summed E-state index contributed by atoms with van der Waals surface area (Å²) in [6.07, 6.45) is 22.1. The van der Waals surface area contributed by atoms with Gasteiger partial charge in [0.05, 0.1) is 7.11 Å². The van der Waals surface area contributed by atoms with E-state index in [1.54, 1.807) is 0 Å². The van der Waals surface area contributed by atoms with Gasteiger partial charge < -0.3 is 9.47 Å². The summed E-state index contributed by atoms with van der Waals surface area (Å²) in [7, 11) is 1.42. The fourth-order valence-electron chi connectivity index (χ4n) is 4.59. The lowest BCUT2D eigenvalue weighted by Gasteiger charge is -2.34. The second-order valence-corrected chi connectivity index (χ2v) is 9.62. The highest BCUT2D eigenvalue weighted by atomic mass is 16.5. The van der Waals surface area contributed by atoms with E-state index in [-0.39, 0.29) is 24.1 Å². The van der Waals surface area contributed by atoms with Crippen LogP contribution in [-0.2, 0) is 19.1 Å². The number of hydrogen-bond acceptors (Lipinski definition) is 5. The monoisotopic (exact) mass is 453 g/mol. The molecule has 5 nitrogen and oxygen atoms in total. The van der Waals surface area contributed by atoms with Crippen LogP contribution in [0.5, 0.6) is 0 Å². The maximum absolute atomic E-state index is 12.1. The number of rotatable bonds is 19. The van der Waals surface area contributed by atoms with Gasteiger partial charge in [0.1, 0.15) is 12.1 Å². The standard InChI is InChI=1S/C27H51NO4/c1-4-5-6-7-8-9-10-11-12-13-14-15-16-17-18-19-26(29)32-25-20-22-28(23-21-25)24(2)27(30)31-3/h24-25H,4-23H2,1-3H3. The van der Waals surface area contributed by atoms with E-state index in [0.717, 1.165) is 38.8 Å². The Kier molecular flexibility index (Phi) is 17.5. The Hall–Kier alpha value is -1.10. The summed E-state index contributed by atoms with van der Waals surface area (Å²) in [6, 6.07) is -0.225. The van der Waals surface area contributed by atoms with Crippen molar-refractivity contribution in [2.24, 2.45) is 0 Å². The molecule has 0 aromatic carbocycles. The predicted octanol–water partition coefficient (Wildman–Crippen LogP) is 6.82. The third-order valence-corrected chi connectivity index (χ3v) is 6.85. The number of carbonyl (C=O) groups excluding carboxylic acids is 2. The molecule has 188 valence electrons. The van der Waals surface area contributed by atoms with E-state index in [4.69, 9.17) is 9.47 Å². The van der Waals surface area contributed by atoms with Crippen LogP contribution >= 0.6 is 0 Å². The fraction of sp³-hybridized carbons (Fsp3) is 0.926. The molecule has 1 aliphatic rings. The summed E-state index contributed by atoms with van der Waals surface area (Å²) in [5.41, 5.74) is 0. The summed E-state index contributed by atoms with van der Waals surface area (Å²) < 4.78 is 10.5. The molecule has 1 unspecified atom stereocenters. The van der Waals surface area contributed by atoms with Crippen LogP contribution in [0.2, 0.25) is 0 Å². The molecule has 1 saturated heterocycles. The van der Waals surface area contributed by atoms with Gasteiger partial charge >= 0.3 is 11.9 Å². The SMILES string of the molecule is CCCCCCCCCCCCCCCCCC(=O)OC1CCN(C(C)C(=O)OC)CC1. The maximum atomic E-state index is 12.1. The zero-order valence-corrected chi connectivity index (χ0v) is 21.4. The van der Waals surface area contributed by atoms with Crippen LogP contribution in [0, 0.1) is 0 Å². The van der Waals surface area contributed by atoms with Crippen molar-refractivity contribution in [3.63, 3.8) is 0 Å². The molecule has 0 bridgehead atoms. The van der Waals surface area contributed by atoms with Crippen molar-refractivity contribution >= 4 is 11.9 Å². The molecule has 0 radical (unpaired) electrons. The highest BCUT2D eigenvalue weighted by Gasteiger charge is 2.28. The molecular weight excluding hydrogens is 402 g/mol. The lowest BCUT2D eigenvalue weighted by molar-refractivity contribution is -0.154. The van der Waals surface area contributed by atoms with Crippen molar-refractivity contribution in [3.05, 3.63) is 0 Å². The summed E-state index contributed by atoms with van der Waals surface area (Å²) in [4.78, 5) is 25.8. The van der Waals surface area contributed by atoms with Crippen LogP contribution in [0.25, 0.3) is 0 Å². The second kappa shape index (κ2) is 19.4. The van der Waals surface area contributed by atoms with Gasteiger partial charge in [-0.3, -0.25) is 14.5 Å². The highest BCUT2D eigenvalue weighted by Crippen LogP contribution is 2.18. The van der Waals surface area contributed by atoms with Gasteiger partial charge in [0.15, 0.2) is 0 Å². The topological polar surface area (TPSA) is 55.8 Å². The first-order valence-electron chi connectivity index (χ1n) is 13.6. The van der Waals surface area contributed by atoms with Crippen LogP contribution in [0.4, 0.5) is 0 Å². The molecule has 1 rings (SSSR count). The number of esters is 2. The average molecular weight is 454 g/mol. The maximum Gasteiger partial charge on any atom is 0.322 e. The van der Waals surface area contributed by atoms with Crippen LogP contribution in [0.1, 0.15) is 129 Å². The molecule has 1 atom stereocenters. The number of ether oxygens (including phenoxy) is 2. The minimum Gasteiger partial charge on any atom is -0.468 e. The van der Waals surface area contributed by atoms with Gasteiger partial charge in [-0.2, -0.15) is 0 Å². The van der Waals surface area contributed by atoms with Gasteiger partial charge in [0.2, 0.25) is 0 Å². The first kappa shape index (κ1) is 28.9. The van der Waals surface area contributed by atoms with E-state index >= 15 is 0 Å². The fourth-order valence-corrected chi connectivity index (χ4v) is 4.59. The lowest BCUT2D eigenvalue weighted by atomic mass is 10.0. The quantitative estimate of drug-likeness (QED) is 0.159. The molecule has 0 spiro atoms. The molecule has 32 heavy (non-hydrogen) atoms. The van der Waals surface area contributed by atoms with Gasteiger partial charge in [-0.05, 0) is 26.2 Å². The van der Waals surface area contributed by atoms with E-state index in [2.05, 4.69) is 11.8 Å². The normalized spacial score (nSPS) is 16.1. The molecular formula is C27H51NO4. The molecule has 0 N–H and O–H groups in total. The minimum absolute atomic E-state index is 0.0000578. The van der Waals surface area contributed by atoms with Gasteiger partial charge in [-0.25, -0.2) is 0 Å². The number of nitrogens with zero attached hydrogens (tertiary/aromatic N) is 1. The zero-order chi connectivity index (χ0) is 23.4. The number of unbranched alkanes of at least 4 members (excludes halogenated alkanes) is 14. The third-order valence-electron chi connectivity index (χ3n) is 6.85. The Balaban J connectivity index is 1.88. The lowest BCUT2D eigenvalue weighted by Crippen LogP contribution is -2.46. The molecule has 1 aliphatic heterocycles. The van der Waals surface area contributed by atoms with E-state index in [1.807, 2.05) is 6.92 Å². The molecule has 5 heteroatoms. The molecule has 1 heterocycles. The Morgan fingerprint density at radius 2 is 1.22 bits per heavy atom. The molecule has 0 aliphatic carbocycles. The average Bonchev–Trinajstić information content (AvgIpc) is 2.81. The Morgan fingerprint density at radius 1 is 0.781 bits per heavy atom. The molecule has 0 aromatic heterocycles. The largest absolute Gasteiger partial charge is 0.468 e. The van der Waals surface area contributed by atoms with Crippen molar-refractivity contribution in [2.75, 3.05) is 20.2 Å². The first-order valence-corrected chi connectivity index (χ1v) is 13.6. The predicted molar refractivity (Wildman–Crippen MR) is 132 cm³/mol. The summed E-state index contributed by atoms with van der Waals surface area (Å²) >= 11 is 0. The number of likely N-dealkylation sites (tertiary alicyclic amines) is 1. The summed E-state index contributed by atoms with van der Waals surface area (Å²) in [5.74, 6) is -0.257. The van der Waals surface area contributed by atoms with Crippen LogP contribution < -0.4 is 0 Å². The zero-order valence-electron chi connectivity index (χ0n) is 21.4. The van der Waals surface area contributed by atoms with Gasteiger partial charge in [-0.15, -0.1) is 0 Å². The Bertz CT molecular complexity index is 474. The van der Waals surface area contributed by atoms with E-state index in [1.165, 1.54) is 90.6 Å². The van der Waals surface area contributed by atoms with Crippen LogP contribution in [0.3, 0.4) is 0 Å². The van der Waals surface area contributed by atoms with Gasteiger partial charge in [0.25, 0.3) is 0 Å². The smallest absolute Gasteiger partial charge is 0.322 e. The number of hydrogen-bond donors (Lipinski definition) is 0.